The second-order valence-electron chi connectivity index (χ2n) is 4.75. The first-order valence-electron chi connectivity index (χ1n) is 5.79. The van der Waals surface area contributed by atoms with Gasteiger partial charge in [0.05, 0.1) is 0 Å². The van der Waals surface area contributed by atoms with Crippen molar-refractivity contribution in [2.24, 2.45) is 5.92 Å². The zero-order valence-corrected chi connectivity index (χ0v) is 9.36. The Morgan fingerprint density at radius 1 is 1.06 bits per heavy atom. The zero-order chi connectivity index (χ0) is 11.1. The minimum atomic E-state index is 0.305. The average molecular weight is 210 g/mol. The minimum Gasteiger partial charge on any atom is -0.294 e. The molecule has 0 saturated carbocycles. The first-order valence-corrected chi connectivity index (χ1v) is 5.79. The minimum absolute atomic E-state index is 0.305. The van der Waals surface area contributed by atoms with Gasteiger partial charge in [0.15, 0.2) is 5.78 Å². The van der Waals surface area contributed by atoms with Gasteiger partial charge >= 0.3 is 0 Å². The number of fused-ring (bicyclic) bond motifs is 3. The Kier molecular flexibility index (Phi) is 2.06. The number of hydrogen-bond donors (Lipinski definition) is 0. The third kappa shape index (κ3) is 1.35. The lowest BCUT2D eigenvalue weighted by Crippen LogP contribution is -2.18. The molecule has 1 nitrogen and oxygen atoms in total. The molecule has 1 aliphatic carbocycles. The van der Waals surface area contributed by atoms with Crippen LogP contribution in [0.5, 0.6) is 0 Å². The first kappa shape index (κ1) is 9.59. The summed E-state index contributed by atoms with van der Waals surface area (Å²) in [5.41, 5.74) is 2.19. The highest BCUT2D eigenvalue weighted by Gasteiger charge is 2.23. The van der Waals surface area contributed by atoms with Gasteiger partial charge in [-0.25, -0.2) is 0 Å². The monoisotopic (exact) mass is 210 g/mol. The number of hydrogen-bond acceptors (Lipinski definition) is 1. The van der Waals surface area contributed by atoms with Crippen molar-refractivity contribution in [2.45, 2.75) is 19.8 Å². The molecule has 0 radical (unpaired) electrons. The first-order chi connectivity index (χ1) is 7.75. The van der Waals surface area contributed by atoms with Gasteiger partial charge in [0, 0.05) is 12.0 Å². The van der Waals surface area contributed by atoms with Crippen molar-refractivity contribution in [3.63, 3.8) is 0 Å². The smallest absolute Gasteiger partial charge is 0.163 e. The number of Topliss-reactive ketones (excluding diaryl/α,β-unsaturated/α-hetero) is 1. The molecule has 1 aliphatic rings. The van der Waals surface area contributed by atoms with Crippen LogP contribution < -0.4 is 0 Å². The predicted molar refractivity (Wildman–Crippen MR) is 65.8 cm³/mol. The van der Waals surface area contributed by atoms with E-state index in [-0.39, 0.29) is 0 Å². The molecule has 1 atom stereocenters. The lowest BCUT2D eigenvalue weighted by molar-refractivity contribution is 0.0954. The molecule has 0 aromatic heterocycles. The highest BCUT2D eigenvalue weighted by Crippen LogP contribution is 2.31. The second-order valence-corrected chi connectivity index (χ2v) is 4.75. The summed E-state index contributed by atoms with van der Waals surface area (Å²) in [5, 5.41) is 2.49. The summed E-state index contributed by atoms with van der Waals surface area (Å²) >= 11 is 0. The number of rotatable bonds is 0. The topological polar surface area (TPSA) is 17.1 Å². The van der Waals surface area contributed by atoms with Crippen LogP contribution in [0.15, 0.2) is 36.4 Å². The molecule has 0 spiro atoms. The highest BCUT2D eigenvalue weighted by molar-refractivity contribution is 6.03. The fourth-order valence-corrected chi connectivity index (χ4v) is 2.66. The third-order valence-corrected chi connectivity index (χ3v) is 3.43. The average Bonchev–Trinajstić information content (AvgIpc) is 2.28. The molecule has 0 fully saturated rings. The van der Waals surface area contributed by atoms with Crippen LogP contribution in [0.4, 0.5) is 0 Å². The van der Waals surface area contributed by atoms with Crippen LogP contribution in [0.2, 0.25) is 0 Å². The van der Waals surface area contributed by atoms with Crippen molar-refractivity contribution >= 4 is 16.6 Å². The van der Waals surface area contributed by atoms with Crippen molar-refractivity contribution in [1.82, 2.24) is 0 Å². The zero-order valence-electron chi connectivity index (χ0n) is 9.36. The number of carbonyl (C=O) groups is 1. The summed E-state index contributed by atoms with van der Waals surface area (Å²) in [6, 6.07) is 12.4. The van der Waals surface area contributed by atoms with Gasteiger partial charge in [0.2, 0.25) is 0 Å². The Morgan fingerprint density at radius 3 is 2.75 bits per heavy atom. The number of carbonyl (C=O) groups excluding carboxylic acids is 1. The van der Waals surface area contributed by atoms with E-state index in [1.165, 1.54) is 16.3 Å². The molecule has 0 bridgehead atoms. The van der Waals surface area contributed by atoms with Gasteiger partial charge in [-0.1, -0.05) is 43.3 Å². The maximum absolute atomic E-state index is 11.9. The van der Waals surface area contributed by atoms with Crippen molar-refractivity contribution < 1.29 is 4.79 Å². The summed E-state index contributed by atoms with van der Waals surface area (Å²) in [5.74, 6) is 0.783. The van der Waals surface area contributed by atoms with Gasteiger partial charge in [-0.05, 0) is 28.7 Å². The van der Waals surface area contributed by atoms with Crippen LogP contribution in [0.1, 0.15) is 29.3 Å². The maximum Gasteiger partial charge on any atom is 0.163 e. The third-order valence-electron chi connectivity index (χ3n) is 3.43. The van der Waals surface area contributed by atoms with E-state index < -0.39 is 0 Å². The molecule has 3 rings (SSSR count). The normalized spacial score (nSPS) is 19.8. The Labute approximate surface area is 95.1 Å². The van der Waals surface area contributed by atoms with E-state index in [2.05, 4.69) is 25.1 Å². The molecule has 0 amide bonds. The molecule has 2 aromatic carbocycles. The van der Waals surface area contributed by atoms with Crippen molar-refractivity contribution in [1.29, 1.82) is 0 Å². The van der Waals surface area contributed by atoms with Gasteiger partial charge in [-0.15, -0.1) is 0 Å². The molecule has 80 valence electrons. The van der Waals surface area contributed by atoms with E-state index >= 15 is 0 Å². The fourth-order valence-electron chi connectivity index (χ4n) is 2.66. The second kappa shape index (κ2) is 3.44. The SMILES string of the molecule is CC1CC(=O)c2ccc3ccccc3c2C1. The van der Waals surface area contributed by atoms with E-state index in [9.17, 15) is 4.79 Å². The molecule has 1 unspecified atom stereocenters. The Balaban J connectivity index is 2.33. The molecular weight excluding hydrogens is 196 g/mol. The molecule has 2 aromatic rings. The van der Waals surface area contributed by atoms with Crippen molar-refractivity contribution in [3.8, 4) is 0 Å². The Hall–Kier alpha value is -1.63. The van der Waals surface area contributed by atoms with Crippen LogP contribution in [0, 0.1) is 5.92 Å². The fraction of sp³-hybridized carbons (Fsp3) is 0.267. The Morgan fingerprint density at radius 2 is 1.88 bits per heavy atom. The van der Waals surface area contributed by atoms with E-state index in [0.717, 1.165) is 12.0 Å². The van der Waals surface area contributed by atoms with E-state index in [4.69, 9.17) is 0 Å². The summed E-state index contributed by atoms with van der Waals surface area (Å²) in [7, 11) is 0. The highest BCUT2D eigenvalue weighted by atomic mass is 16.1. The predicted octanol–water partition coefficient (Wildman–Crippen LogP) is 3.60. The number of ketones is 1. The summed E-state index contributed by atoms with van der Waals surface area (Å²) < 4.78 is 0. The van der Waals surface area contributed by atoms with Crippen LogP contribution >= 0.6 is 0 Å². The van der Waals surface area contributed by atoms with Crippen molar-refractivity contribution in [3.05, 3.63) is 47.5 Å². The molecule has 0 heterocycles. The molecule has 0 N–H and O–H groups in total. The van der Waals surface area contributed by atoms with Gasteiger partial charge in [-0.3, -0.25) is 4.79 Å². The van der Waals surface area contributed by atoms with E-state index in [1.807, 2.05) is 18.2 Å². The van der Waals surface area contributed by atoms with Crippen molar-refractivity contribution in [2.75, 3.05) is 0 Å². The van der Waals surface area contributed by atoms with Gasteiger partial charge in [0.25, 0.3) is 0 Å². The van der Waals surface area contributed by atoms with Crippen LogP contribution in [-0.2, 0) is 6.42 Å². The number of benzene rings is 2. The lowest BCUT2D eigenvalue weighted by Gasteiger charge is -2.21. The summed E-state index contributed by atoms with van der Waals surface area (Å²) in [4.78, 5) is 11.9. The van der Waals surface area contributed by atoms with E-state index in [1.54, 1.807) is 0 Å². The Bertz CT molecular complexity index is 569. The van der Waals surface area contributed by atoms with E-state index in [0.29, 0.717) is 18.1 Å². The molecule has 16 heavy (non-hydrogen) atoms. The largest absolute Gasteiger partial charge is 0.294 e. The molecule has 0 saturated heterocycles. The van der Waals surface area contributed by atoms with Gasteiger partial charge in [0.1, 0.15) is 0 Å². The molecular formula is C15H14O. The van der Waals surface area contributed by atoms with Crippen LogP contribution in [0.3, 0.4) is 0 Å². The maximum atomic E-state index is 11.9. The lowest BCUT2D eigenvalue weighted by atomic mass is 9.81. The molecule has 0 aliphatic heterocycles. The molecule has 1 heteroatoms. The van der Waals surface area contributed by atoms with Crippen LogP contribution in [0.25, 0.3) is 10.8 Å². The van der Waals surface area contributed by atoms with Gasteiger partial charge in [-0.2, -0.15) is 0 Å². The standard InChI is InChI=1S/C15H14O/c1-10-8-14-12-5-3-2-4-11(12)6-7-13(14)15(16)9-10/h2-7,10H,8-9H2,1H3. The summed E-state index contributed by atoms with van der Waals surface area (Å²) in [6.45, 7) is 2.16. The van der Waals surface area contributed by atoms with Crippen LogP contribution in [-0.4, -0.2) is 5.78 Å². The summed E-state index contributed by atoms with van der Waals surface area (Å²) in [6.07, 6.45) is 1.73. The van der Waals surface area contributed by atoms with Gasteiger partial charge < -0.3 is 0 Å². The quantitative estimate of drug-likeness (QED) is 0.649.